The molecule has 1 saturated heterocycles. The van der Waals surface area contributed by atoms with Crippen LogP contribution in [0.2, 0.25) is 0 Å². The van der Waals surface area contributed by atoms with Gasteiger partial charge in [0.05, 0.1) is 29.7 Å². The molecule has 3 fully saturated rings. The number of amides is 2. The maximum absolute atomic E-state index is 14.2. The number of alkyl carbamates (subject to hydrolysis) is 1. The molecule has 238 valence electrons. The van der Waals surface area contributed by atoms with Crippen LogP contribution in [0.15, 0.2) is 18.2 Å². The van der Waals surface area contributed by atoms with Crippen molar-refractivity contribution in [2.75, 3.05) is 6.54 Å². The monoisotopic (exact) mass is 606 g/mol. The Kier molecular flexibility index (Phi) is 7.99. The molecule has 2 aromatic rings. The van der Waals surface area contributed by atoms with E-state index in [0.717, 1.165) is 61.9 Å². The topological polar surface area (TPSA) is 120 Å². The van der Waals surface area contributed by atoms with Crippen molar-refractivity contribution in [3.8, 4) is 11.6 Å². The SMILES string of the molecule is CC(=O)[C@@H]1[C@H](C)[C@@H]2CN1C(=O)[C@H](C(C)(C)C)NC(=O)O[C@]1(C)C[C@H]1CCCCCc1nc3ccc(OC4CC4)cc3nc1O2. The minimum absolute atomic E-state index is 0.127. The second kappa shape index (κ2) is 11.5. The summed E-state index contributed by atoms with van der Waals surface area (Å²) in [5, 5.41) is 2.87. The molecule has 10 heteroatoms. The Hall–Kier alpha value is -3.43. The quantitative estimate of drug-likeness (QED) is 0.494. The van der Waals surface area contributed by atoms with Crippen molar-refractivity contribution in [3.05, 3.63) is 23.9 Å². The molecule has 2 bridgehead atoms. The molecule has 2 amide bonds. The summed E-state index contributed by atoms with van der Waals surface area (Å²) in [5.74, 6) is 0.760. The average Bonchev–Trinajstić information content (AvgIpc) is 3.84. The highest BCUT2D eigenvalue weighted by Crippen LogP contribution is 2.49. The number of rotatable bonds is 3. The van der Waals surface area contributed by atoms with E-state index in [4.69, 9.17) is 24.2 Å². The van der Waals surface area contributed by atoms with E-state index in [-0.39, 0.29) is 30.3 Å². The van der Waals surface area contributed by atoms with Crippen molar-refractivity contribution in [1.82, 2.24) is 20.2 Å². The number of nitrogens with one attached hydrogen (secondary N) is 1. The lowest BCUT2D eigenvalue weighted by Gasteiger charge is -2.35. The molecular weight excluding hydrogens is 560 g/mol. The summed E-state index contributed by atoms with van der Waals surface area (Å²) in [4.78, 5) is 51.8. The molecule has 3 heterocycles. The summed E-state index contributed by atoms with van der Waals surface area (Å²) < 4.78 is 18.5. The molecule has 1 aromatic carbocycles. The van der Waals surface area contributed by atoms with Crippen molar-refractivity contribution in [2.45, 2.75) is 123 Å². The third kappa shape index (κ3) is 6.35. The van der Waals surface area contributed by atoms with Gasteiger partial charge in [0.25, 0.3) is 0 Å². The van der Waals surface area contributed by atoms with Gasteiger partial charge in [0.2, 0.25) is 11.8 Å². The van der Waals surface area contributed by atoms with E-state index in [1.54, 1.807) is 4.90 Å². The highest BCUT2D eigenvalue weighted by Gasteiger charge is 2.54. The number of hydrogen-bond acceptors (Lipinski definition) is 8. The molecule has 0 unspecified atom stereocenters. The Morgan fingerprint density at radius 2 is 1.86 bits per heavy atom. The molecule has 6 rings (SSSR count). The Labute approximate surface area is 259 Å². The van der Waals surface area contributed by atoms with Crippen LogP contribution in [0.4, 0.5) is 4.79 Å². The first kappa shape index (κ1) is 30.6. The molecule has 2 saturated carbocycles. The van der Waals surface area contributed by atoms with Gasteiger partial charge in [-0.1, -0.05) is 40.5 Å². The molecule has 0 spiro atoms. The van der Waals surface area contributed by atoms with Gasteiger partial charge >= 0.3 is 6.09 Å². The van der Waals surface area contributed by atoms with Crippen molar-refractivity contribution in [3.63, 3.8) is 0 Å². The first-order valence-electron chi connectivity index (χ1n) is 16.3. The summed E-state index contributed by atoms with van der Waals surface area (Å²) in [5.41, 5.74) is 1.11. The van der Waals surface area contributed by atoms with Gasteiger partial charge in [-0.05, 0) is 69.9 Å². The lowest BCUT2D eigenvalue weighted by atomic mass is 9.85. The number of fused-ring (bicyclic) bond motifs is 5. The van der Waals surface area contributed by atoms with Crippen LogP contribution in [0.1, 0.15) is 92.2 Å². The summed E-state index contributed by atoms with van der Waals surface area (Å²) >= 11 is 0. The predicted molar refractivity (Wildman–Crippen MR) is 164 cm³/mol. The molecule has 2 aliphatic carbocycles. The summed E-state index contributed by atoms with van der Waals surface area (Å²) in [6.45, 7) is 11.3. The Bertz CT molecular complexity index is 1450. The van der Waals surface area contributed by atoms with Gasteiger partial charge in [0, 0.05) is 17.9 Å². The van der Waals surface area contributed by atoms with E-state index in [1.807, 2.05) is 52.8 Å². The number of nitrogens with zero attached hydrogens (tertiary/aromatic N) is 3. The summed E-state index contributed by atoms with van der Waals surface area (Å²) in [6.07, 6.45) is 6.74. The van der Waals surface area contributed by atoms with E-state index < -0.39 is 35.3 Å². The lowest BCUT2D eigenvalue weighted by molar-refractivity contribution is -0.141. The smallest absolute Gasteiger partial charge is 0.408 e. The van der Waals surface area contributed by atoms with Crippen LogP contribution < -0.4 is 14.8 Å². The second-order valence-electron chi connectivity index (χ2n) is 14.7. The molecule has 4 aliphatic rings. The molecule has 0 radical (unpaired) electrons. The van der Waals surface area contributed by atoms with Gasteiger partial charge in [-0.2, -0.15) is 0 Å². The molecule has 44 heavy (non-hydrogen) atoms. The first-order valence-corrected chi connectivity index (χ1v) is 16.3. The van der Waals surface area contributed by atoms with Crippen molar-refractivity contribution < 1.29 is 28.6 Å². The van der Waals surface area contributed by atoms with Gasteiger partial charge in [-0.3, -0.25) is 9.59 Å². The van der Waals surface area contributed by atoms with E-state index in [1.165, 1.54) is 6.92 Å². The maximum Gasteiger partial charge on any atom is 0.408 e. The standard InChI is InChI=1S/C34H46N4O6/c1-19-27-18-38(28(19)20(2)39)31(40)29(33(3,4)5)37-32(41)44-34(6)17-21(34)10-8-7-9-11-25-30(43-27)36-26-16-23(42-22-12-13-22)14-15-24(26)35-25/h14-16,19,21-22,27-29H,7-13,17-18H2,1-6H3,(H,37,41)/t19-,21-,27+,28+,29-,34-/m1/s1. The van der Waals surface area contributed by atoms with Gasteiger partial charge in [0.15, 0.2) is 5.78 Å². The third-order valence-corrected chi connectivity index (χ3v) is 9.78. The molecule has 6 atom stereocenters. The highest BCUT2D eigenvalue weighted by molar-refractivity contribution is 5.92. The van der Waals surface area contributed by atoms with Crippen LogP contribution in [-0.2, 0) is 20.7 Å². The molecule has 1 aromatic heterocycles. The molecule has 1 N–H and O–H groups in total. The Morgan fingerprint density at radius 3 is 2.57 bits per heavy atom. The number of aromatic nitrogens is 2. The fourth-order valence-electron chi connectivity index (χ4n) is 6.83. The zero-order chi connectivity index (χ0) is 31.4. The maximum atomic E-state index is 14.2. The molecule has 10 nitrogen and oxygen atoms in total. The first-order chi connectivity index (χ1) is 20.8. The summed E-state index contributed by atoms with van der Waals surface area (Å²) in [7, 11) is 0. The minimum Gasteiger partial charge on any atom is -0.490 e. The number of benzene rings is 1. The lowest BCUT2D eigenvalue weighted by Crippen LogP contribution is -2.57. The zero-order valence-corrected chi connectivity index (χ0v) is 26.9. The third-order valence-electron chi connectivity index (χ3n) is 9.78. The fourth-order valence-corrected chi connectivity index (χ4v) is 6.83. The number of carbonyl (C=O) groups excluding carboxylic acids is 3. The van der Waals surface area contributed by atoms with E-state index in [0.29, 0.717) is 23.7 Å². The molecule has 2 aliphatic heterocycles. The summed E-state index contributed by atoms with van der Waals surface area (Å²) in [6, 6.07) is 4.22. The largest absolute Gasteiger partial charge is 0.490 e. The number of ketones is 1. The normalized spacial score (nSPS) is 31.5. The average molecular weight is 607 g/mol. The van der Waals surface area contributed by atoms with Crippen molar-refractivity contribution in [2.24, 2.45) is 17.3 Å². The van der Waals surface area contributed by atoms with Crippen LogP contribution in [0.3, 0.4) is 0 Å². The van der Waals surface area contributed by atoms with E-state index >= 15 is 0 Å². The van der Waals surface area contributed by atoms with E-state index in [2.05, 4.69) is 5.32 Å². The molecular formula is C34H46N4O6. The van der Waals surface area contributed by atoms with Crippen molar-refractivity contribution >= 4 is 28.8 Å². The van der Waals surface area contributed by atoms with E-state index in [9.17, 15) is 14.4 Å². The van der Waals surface area contributed by atoms with Gasteiger partial charge in [-0.15, -0.1) is 0 Å². The number of Topliss-reactive ketones (excluding diaryl/α,β-unsaturated/α-hetero) is 1. The fraction of sp³-hybridized carbons (Fsp3) is 0.676. The predicted octanol–water partition coefficient (Wildman–Crippen LogP) is 5.39. The number of ether oxygens (including phenoxy) is 3. The van der Waals surface area contributed by atoms with Crippen LogP contribution in [0.5, 0.6) is 11.6 Å². The van der Waals surface area contributed by atoms with Gasteiger partial charge < -0.3 is 24.4 Å². The number of carbonyl (C=O) groups is 3. The van der Waals surface area contributed by atoms with Crippen LogP contribution >= 0.6 is 0 Å². The highest BCUT2D eigenvalue weighted by atomic mass is 16.6. The van der Waals surface area contributed by atoms with Gasteiger partial charge in [0.1, 0.15) is 29.2 Å². The minimum atomic E-state index is -0.886. The Morgan fingerprint density at radius 1 is 1.09 bits per heavy atom. The van der Waals surface area contributed by atoms with Gasteiger partial charge in [-0.25, -0.2) is 14.8 Å². The van der Waals surface area contributed by atoms with Crippen molar-refractivity contribution in [1.29, 1.82) is 0 Å². The number of hydrogen-bond donors (Lipinski definition) is 1. The van der Waals surface area contributed by atoms with Crippen LogP contribution in [-0.4, -0.2) is 69.1 Å². The van der Waals surface area contributed by atoms with Crippen LogP contribution in [0, 0.1) is 17.3 Å². The Balaban J connectivity index is 1.35. The number of aryl methyl sites for hydroxylation is 1. The zero-order valence-electron chi connectivity index (χ0n) is 26.9. The van der Waals surface area contributed by atoms with Crippen LogP contribution in [0.25, 0.3) is 11.0 Å². The second-order valence-corrected chi connectivity index (χ2v) is 14.7.